The van der Waals surface area contributed by atoms with Crippen molar-refractivity contribution in [3.8, 4) is 17.2 Å². The van der Waals surface area contributed by atoms with Gasteiger partial charge in [0.2, 0.25) is 0 Å². The van der Waals surface area contributed by atoms with E-state index in [1.807, 2.05) is 18.3 Å². The summed E-state index contributed by atoms with van der Waals surface area (Å²) >= 11 is 0. The van der Waals surface area contributed by atoms with Crippen LogP contribution in [0.4, 0.5) is 13.2 Å². The number of carboxylic acid groups (broad SMARTS) is 1. The number of alkyl halides is 3. The van der Waals surface area contributed by atoms with Crippen molar-refractivity contribution < 1.29 is 32.5 Å². The van der Waals surface area contributed by atoms with E-state index in [2.05, 4.69) is 4.98 Å². The van der Waals surface area contributed by atoms with Crippen molar-refractivity contribution in [3.05, 3.63) is 53.2 Å². The summed E-state index contributed by atoms with van der Waals surface area (Å²) in [6.45, 7) is 0.419. The molecule has 0 aliphatic heterocycles. The highest BCUT2D eigenvalue weighted by Crippen LogP contribution is 2.43. The summed E-state index contributed by atoms with van der Waals surface area (Å²) in [4.78, 5) is 14.0. The molecule has 0 bridgehead atoms. The van der Waals surface area contributed by atoms with E-state index >= 15 is 0 Å². The Balaban J connectivity index is 1.63. The second-order valence-corrected chi connectivity index (χ2v) is 8.22. The number of rotatable bonds is 7. The average molecular weight is 447 g/mol. The van der Waals surface area contributed by atoms with Gasteiger partial charge in [-0.25, -0.2) is 4.79 Å². The van der Waals surface area contributed by atoms with E-state index in [4.69, 9.17) is 14.6 Å². The first kappa shape index (κ1) is 22.0. The van der Waals surface area contributed by atoms with Gasteiger partial charge in [-0.1, -0.05) is 25.7 Å². The number of benzene rings is 2. The lowest BCUT2D eigenvalue weighted by Gasteiger charge is -2.18. The van der Waals surface area contributed by atoms with Crippen LogP contribution in [0.2, 0.25) is 0 Å². The second-order valence-electron chi connectivity index (χ2n) is 8.22. The summed E-state index contributed by atoms with van der Waals surface area (Å²) in [5.41, 5.74) is 0.930. The zero-order valence-corrected chi connectivity index (χ0v) is 17.6. The van der Waals surface area contributed by atoms with Crippen LogP contribution >= 0.6 is 0 Å². The molecule has 0 unspecified atom stereocenters. The molecule has 0 amide bonds. The summed E-state index contributed by atoms with van der Waals surface area (Å²) in [6, 6.07) is 7.86. The van der Waals surface area contributed by atoms with Gasteiger partial charge in [0.1, 0.15) is 22.8 Å². The van der Waals surface area contributed by atoms with Crippen LogP contribution < -0.4 is 9.47 Å². The average Bonchev–Trinajstić information content (AvgIpc) is 3.37. The highest BCUT2D eigenvalue weighted by molar-refractivity contribution is 5.84. The number of nitrogens with one attached hydrogen (secondary N) is 1. The largest absolute Gasteiger partial charge is 0.481 e. The van der Waals surface area contributed by atoms with Crippen molar-refractivity contribution in [2.24, 2.45) is 5.92 Å². The highest BCUT2D eigenvalue weighted by atomic mass is 19.4. The summed E-state index contributed by atoms with van der Waals surface area (Å²) < 4.78 is 51.7. The number of H-pyrrole nitrogens is 1. The molecule has 2 aromatic carbocycles. The van der Waals surface area contributed by atoms with Crippen molar-refractivity contribution >= 4 is 16.9 Å². The Morgan fingerprint density at radius 2 is 1.88 bits per heavy atom. The number of aromatic nitrogens is 1. The van der Waals surface area contributed by atoms with E-state index in [0.717, 1.165) is 23.4 Å². The second kappa shape index (κ2) is 8.76. The predicted octanol–water partition coefficient (Wildman–Crippen LogP) is 6.48. The molecular formula is C24H24F3NO4. The minimum atomic E-state index is -4.73. The third kappa shape index (κ3) is 4.69. The SMILES string of the molecule is Cc1c(Oc2ccc3[nH]cc(CC4CCCC4)c3c2)ccc(OCC(=O)O)c1C(F)(F)F. The van der Waals surface area contributed by atoms with Crippen molar-refractivity contribution in [2.45, 2.75) is 45.2 Å². The van der Waals surface area contributed by atoms with E-state index in [-0.39, 0.29) is 11.3 Å². The number of halogens is 3. The van der Waals surface area contributed by atoms with Crippen LogP contribution in [-0.2, 0) is 17.4 Å². The molecule has 2 N–H and O–H groups in total. The van der Waals surface area contributed by atoms with Crippen LogP contribution in [-0.4, -0.2) is 22.7 Å². The van der Waals surface area contributed by atoms with Crippen LogP contribution in [0.25, 0.3) is 10.9 Å². The van der Waals surface area contributed by atoms with Gasteiger partial charge in [-0.05, 0) is 55.2 Å². The summed E-state index contributed by atoms with van der Waals surface area (Å²) in [7, 11) is 0. The number of hydrogen-bond donors (Lipinski definition) is 2. The molecule has 1 heterocycles. The van der Waals surface area contributed by atoms with Gasteiger partial charge in [-0.15, -0.1) is 0 Å². The molecule has 32 heavy (non-hydrogen) atoms. The van der Waals surface area contributed by atoms with E-state index in [1.54, 1.807) is 6.07 Å². The van der Waals surface area contributed by atoms with Crippen LogP contribution in [0.3, 0.4) is 0 Å². The molecule has 3 aromatic rings. The van der Waals surface area contributed by atoms with E-state index in [0.29, 0.717) is 11.7 Å². The first-order valence-corrected chi connectivity index (χ1v) is 10.6. The molecule has 1 fully saturated rings. The molecule has 4 rings (SSSR count). The number of aromatic amines is 1. The Kier molecular flexibility index (Phi) is 6.04. The van der Waals surface area contributed by atoms with Gasteiger partial charge in [0.25, 0.3) is 0 Å². The molecule has 1 aliphatic carbocycles. The Labute approximate surface area is 183 Å². The Bertz CT molecular complexity index is 1130. The maximum Gasteiger partial charge on any atom is 0.420 e. The molecule has 0 radical (unpaired) electrons. The fourth-order valence-corrected chi connectivity index (χ4v) is 4.43. The van der Waals surface area contributed by atoms with E-state index in [9.17, 15) is 18.0 Å². The van der Waals surface area contributed by atoms with E-state index < -0.39 is 30.1 Å². The Morgan fingerprint density at radius 3 is 2.56 bits per heavy atom. The third-order valence-corrected chi connectivity index (χ3v) is 5.96. The minimum Gasteiger partial charge on any atom is -0.481 e. The van der Waals surface area contributed by atoms with Crippen LogP contribution in [0, 0.1) is 12.8 Å². The highest BCUT2D eigenvalue weighted by Gasteiger charge is 2.37. The molecule has 5 nitrogen and oxygen atoms in total. The molecule has 1 aliphatic rings. The molecule has 0 saturated heterocycles. The van der Waals surface area contributed by atoms with Gasteiger partial charge in [0.15, 0.2) is 6.61 Å². The summed E-state index contributed by atoms with van der Waals surface area (Å²) in [6.07, 6.45) is 3.20. The van der Waals surface area contributed by atoms with Gasteiger partial charge in [-0.3, -0.25) is 0 Å². The molecule has 8 heteroatoms. The van der Waals surface area contributed by atoms with Gasteiger partial charge in [0, 0.05) is 22.7 Å². The van der Waals surface area contributed by atoms with Crippen LogP contribution in [0.15, 0.2) is 36.5 Å². The van der Waals surface area contributed by atoms with Crippen molar-refractivity contribution in [1.29, 1.82) is 0 Å². The number of fused-ring (bicyclic) bond motifs is 1. The molecule has 170 valence electrons. The van der Waals surface area contributed by atoms with Gasteiger partial charge < -0.3 is 19.6 Å². The maximum atomic E-state index is 13.7. The first-order chi connectivity index (χ1) is 15.2. The van der Waals surface area contributed by atoms with Crippen molar-refractivity contribution in [1.82, 2.24) is 4.98 Å². The quantitative estimate of drug-likeness (QED) is 0.435. The third-order valence-electron chi connectivity index (χ3n) is 5.96. The normalized spacial score (nSPS) is 14.8. The maximum absolute atomic E-state index is 13.7. The number of ether oxygens (including phenoxy) is 2. The fraction of sp³-hybridized carbons (Fsp3) is 0.375. The standard InChI is InChI=1S/C24H24F3NO4/c1-14-20(8-9-21(31-13-22(29)30)23(14)24(25,26)27)32-17-6-7-19-18(11-17)16(12-28-19)10-15-4-2-3-5-15/h6-9,11-12,15,28H,2-5,10,13H2,1H3,(H,29,30). The van der Waals surface area contributed by atoms with Gasteiger partial charge >= 0.3 is 12.1 Å². The fourth-order valence-electron chi connectivity index (χ4n) is 4.43. The topological polar surface area (TPSA) is 71.5 Å². The number of hydrogen-bond acceptors (Lipinski definition) is 3. The molecule has 0 atom stereocenters. The van der Waals surface area contributed by atoms with Crippen molar-refractivity contribution in [3.63, 3.8) is 0 Å². The summed E-state index contributed by atoms with van der Waals surface area (Å²) in [5.74, 6) is -0.769. The lowest BCUT2D eigenvalue weighted by atomic mass is 9.97. The minimum absolute atomic E-state index is 0.0345. The molecular weight excluding hydrogens is 423 g/mol. The number of carboxylic acids is 1. The number of carbonyl (C=O) groups is 1. The van der Waals surface area contributed by atoms with Crippen molar-refractivity contribution in [2.75, 3.05) is 6.61 Å². The van der Waals surface area contributed by atoms with Gasteiger partial charge in [-0.2, -0.15) is 13.2 Å². The number of aliphatic carboxylic acids is 1. The predicted molar refractivity (Wildman–Crippen MR) is 113 cm³/mol. The zero-order chi connectivity index (χ0) is 22.9. The summed E-state index contributed by atoms with van der Waals surface area (Å²) in [5, 5.41) is 9.74. The first-order valence-electron chi connectivity index (χ1n) is 10.6. The van der Waals surface area contributed by atoms with Gasteiger partial charge in [0.05, 0.1) is 0 Å². The smallest absolute Gasteiger partial charge is 0.420 e. The lowest BCUT2D eigenvalue weighted by Crippen LogP contribution is -2.15. The molecule has 1 saturated carbocycles. The Morgan fingerprint density at radius 1 is 1.16 bits per heavy atom. The van der Waals surface area contributed by atoms with Crippen LogP contribution in [0.1, 0.15) is 42.4 Å². The monoisotopic (exact) mass is 447 g/mol. The zero-order valence-electron chi connectivity index (χ0n) is 17.6. The lowest BCUT2D eigenvalue weighted by molar-refractivity contribution is -0.143. The Hall–Kier alpha value is -3.16. The van der Waals surface area contributed by atoms with E-state index in [1.165, 1.54) is 44.2 Å². The molecule has 0 spiro atoms. The van der Waals surface area contributed by atoms with Crippen LogP contribution in [0.5, 0.6) is 17.2 Å². The molecule has 1 aromatic heterocycles.